The van der Waals surface area contributed by atoms with Gasteiger partial charge in [-0.05, 0) is 24.3 Å². The van der Waals surface area contributed by atoms with E-state index in [1.165, 1.54) is 12.1 Å². The third kappa shape index (κ3) is 4.41. The number of halogens is 5. The largest absolute Gasteiger partial charge is 0.417 e. The van der Waals surface area contributed by atoms with Gasteiger partial charge in [-0.2, -0.15) is 13.2 Å². The summed E-state index contributed by atoms with van der Waals surface area (Å²) in [6, 6.07) is 5.23. The van der Waals surface area contributed by atoms with Gasteiger partial charge in [-0.25, -0.2) is 4.39 Å². The van der Waals surface area contributed by atoms with Gasteiger partial charge in [0.15, 0.2) is 0 Å². The second-order valence-electron chi connectivity index (χ2n) is 4.55. The molecule has 0 fully saturated rings. The molecule has 0 aliphatic rings. The first-order valence-corrected chi connectivity index (χ1v) is 6.99. The number of carbonyl (C=O) groups excluding carboxylic acids is 1. The lowest BCUT2D eigenvalue weighted by atomic mass is 10.2. The summed E-state index contributed by atoms with van der Waals surface area (Å²) >= 11 is 3.05. The second kappa shape index (κ2) is 6.53. The van der Waals surface area contributed by atoms with Crippen LogP contribution in [0.4, 0.5) is 23.2 Å². The first-order valence-electron chi connectivity index (χ1n) is 6.19. The van der Waals surface area contributed by atoms with Crippen molar-refractivity contribution in [1.82, 2.24) is 4.57 Å². The van der Waals surface area contributed by atoms with Gasteiger partial charge in [-0.1, -0.05) is 15.9 Å². The van der Waals surface area contributed by atoms with Crippen molar-refractivity contribution in [3.63, 3.8) is 0 Å². The monoisotopic (exact) mass is 392 g/mol. The molecule has 9 heteroatoms. The fourth-order valence-electron chi connectivity index (χ4n) is 1.76. The molecule has 1 aromatic heterocycles. The molecule has 4 nitrogen and oxygen atoms in total. The number of aromatic nitrogens is 1. The Kier molecular flexibility index (Phi) is 4.88. The number of nitrogens with one attached hydrogen (secondary N) is 1. The van der Waals surface area contributed by atoms with Crippen LogP contribution in [0.25, 0.3) is 0 Å². The highest BCUT2D eigenvalue weighted by Crippen LogP contribution is 2.28. The highest BCUT2D eigenvalue weighted by atomic mass is 79.9. The molecule has 0 aliphatic heterocycles. The molecule has 0 saturated carbocycles. The first kappa shape index (κ1) is 17.2. The molecular formula is C14H9BrF4N2O2. The summed E-state index contributed by atoms with van der Waals surface area (Å²) in [5.41, 5.74) is -1.97. The van der Waals surface area contributed by atoms with Crippen LogP contribution in [0.5, 0.6) is 0 Å². The van der Waals surface area contributed by atoms with E-state index in [4.69, 9.17) is 0 Å². The van der Waals surface area contributed by atoms with E-state index in [1.54, 1.807) is 0 Å². The normalized spacial score (nSPS) is 11.3. The van der Waals surface area contributed by atoms with E-state index in [-0.39, 0.29) is 5.69 Å². The van der Waals surface area contributed by atoms with E-state index >= 15 is 0 Å². The van der Waals surface area contributed by atoms with Gasteiger partial charge in [0.25, 0.3) is 5.56 Å². The Balaban J connectivity index is 2.18. The van der Waals surface area contributed by atoms with Crippen molar-refractivity contribution >= 4 is 27.5 Å². The molecule has 2 aromatic rings. The number of carbonyl (C=O) groups is 1. The summed E-state index contributed by atoms with van der Waals surface area (Å²) in [4.78, 5) is 23.3. The van der Waals surface area contributed by atoms with Crippen LogP contribution in [0.1, 0.15) is 5.56 Å². The van der Waals surface area contributed by atoms with Gasteiger partial charge < -0.3 is 9.88 Å². The van der Waals surface area contributed by atoms with E-state index in [2.05, 4.69) is 21.2 Å². The van der Waals surface area contributed by atoms with Crippen molar-refractivity contribution < 1.29 is 22.4 Å². The van der Waals surface area contributed by atoms with Crippen molar-refractivity contribution in [3.05, 3.63) is 62.7 Å². The highest BCUT2D eigenvalue weighted by molar-refractivity contribution is 9.10. The zero-order valence-corrected chi connectivity index (χ0v) is 12.9. The van der Waals surface area contributed by atoms with Crippen LogP contribution in [-0.4, -0.2) is 10.5 Å². The van der Waals surface area contributed by atoms with Crippen LogP contribution < -0.4 is 10.9 Å². The van der Waals surface area contributed by atoms with Crippen molar-refractivity contribution in [2.45, 2.75) is 12.7 Å². The predicted octanol–water partition coefficient (Wildman–Crippen LogP) is 3.41. The molecule has 122 valence electrons. The van der Waals surface area contributed by atoms with Crippen LogP contribution in [-0.2, 0) is 17.5 Å². The lowest BCUT2D eigenvalue weighted by molar-refractivity contribution is -0.138. The van der Waals surface area contributed by atoms with Gasteiger partial charge in [-0.3, -0.25) is 9.59 Å². The maximum atomic E-state index is 13.6. The highest BCUT2D eigenvalue weighted by Gasteiger charge is 2.31. The molecule has 23 heavy (non-hydrogen) atoms. The molecule has 1 aromatic carbocycles. The molecule has 0 spiro atoms. The Morgan fingerprint density at radius 2 is 1.91 bits per heavy atom. The number of benzene rings is 1. The minimum atomic E-state index is -4.64. The van der Waals surface area contributed by atoms with Crippen LogP contribution in [0.15, 0.2) is 45.8 Å². The SMILES string of the molecule is O=C(Cn1cc(C(F)(F)F)ccc1=O)Nc1ccc(Br)cc1F. The zero-order valence-electron chi connectivity index (χ0n) is 11.3. The summed E-state index contributed by atoms with van der Waals surface area (Å²) in [7, 11) is 0. The van der Waals surface area contributed by atoms with Gasteiger partial charge in [0, 0.05) is 16.7 Å². The summed E-state index contributed by atoms with van der Waals surface area (Å²) < 4.78 is 52.5. The lowest BCUT2D eigenvalue weighted by Gasteiger charge is -2.11. The topological polar surface area (TPSA) is 51.1 Å². The van der Waals surface area contributed by atoms with Crippen molar-refractivity contribution in [3.8, 4) is 0 Å². The molecule has 0 bridgehead atoms. The fourth-order valence-corrected chi connectivity index (χ4v) is 2.09. The molecule has 1 amide bonds. The Labute approximate surface area is 135 Å². The van der Waals surface area contributed by atoms with Crippen LogP contribution in [0.2, 0.25) is 0 Å². The number of hydrogen-bond acceptors (Lipinski definition) is 2. The van der Waals surface area contributed by atoms with Crippen molar-refractivity contribution in [1.29, 1.82) is 0 Å². The summed E-state index contributed by atoms with van der Waals surface area (Å²) in [5, 5.41) is 2.20. The third-order valence-electron chi connectivity index (χ3n) is 2.83. The van der Waals surface area contributed by atoms with Gasteiger partial charge in [0.05, 0.1) is 11.3 Å². The predicted molar refractivity (Wildman–Crippen MR) is 78.4 cm³/mol. The molecular weight excluding hydrogens is 384 g/mol. The number of rotatable bonds is 3. The number of hydrogen-bond donors (Lipinski definition) is 1. The quantitative estimate of drug-likeness (QED) is 0.813. The third-order valence-corrected chi connectivity index (χ3v) is 3.32. The second-order valence-corrected chi connectivity index (χ2v) is 5.47. The molecule has 2 rings (SSSR count). The van der Waals surface area contributed by atoms with Crippen molar-refractivity contribution in [2.75, 3.05) is 5.32 Å². The Morgan fingerprint density at radius 1 is 1.22 bits per heavy atom. The van der Waals surface area contributed by atoms with Gasteiger partial charge in [0.2, 0.25) is 5.91 Å². The Morgan fingerprint density at radius 3 is 2.52 bits per heavy atom. The van der Waals surface area contributed by atoms with E-state index in [0.717, 1.165) is 12.1 Å². The molecule has 0 aliphatic carbocycles. The number of anilines is 1. The number of nitrogens with zero attached hydrogens (tertiary/aromatic N) is 1. The van der Waals surface area contributed by atoms with E-state index < -0.39 is 35.6 Å². The summed E-state index contributed by atoms with van der Waals surface area (Å²) in [5.74, 6) is -1.54. The number of alkyl halides is 3. The van der Waals surface area contributed by atoms with Crippen LogP contribution in [0, 0.1) is 5.82 Å². The fraction of sp³-hybridized carbons (Fsp3) is 0.143. The van der Waals surface area contributed by atoms with Crippen LogP contribution in [0.3, 0.4) is 0 Å². The Hall–Kier alpha value is -2.16. The maximum absolute atomic E-state index is 13.6. The van der Waals surface area contributed by atoms with E-state index in [1.807, 2.05) is 0 Å². The van der Waals surface area contributed by atoms with Crippen LogP contribution >= 0.6 is 15.9 Å². The number of pyridine rings is 1. The average molecular weight is 393 g/mol. The summed E-state index contributed by atoms with van der Waals surface area (Å²) in [6.45, 7) is -0.668. The molecule has 1 heterocycles. The average Bonchev–Trinajstić information content (AvgIpc) is 2.43. The smallest absolute Gasteiger partial charge is 0.322 e. The van der Waals surface area contributed by atoms with Gasteiger partial charge >= 0.3 is 6.18 Å². The standard InChI is InChI=1S/C14H9BrF4N2O2/c15-9-2-3-11(10(16)5-9)20-12(22)7-21-6-8(14(17,18)19)1-4-13(21)23/h1-6H,7H2,(H,20,22). The van der Waals surface area contributed by atoms with Gasteiger partial charge in [0.1, 0.15) is 12.4 Å². The van der Waals surface area contributed by atoms with E-state index in [0.29, 0.717) is 21.3 Å². The molecule has 0 atom stereocenters. The van der Waals surface area contributed by atoms with Crippen molar-refractivity contribution in [2.24, 2.45) is 0 Å². The molecule has 0 unspecified atom stereocenters. The molecule has 0 saturated heterocycles. The number of amides is 1. The minimum absolute atomic E-state index is 0.141. The molecule has 0 radical (unpaired) electrons. The zero-order chi connectivity index (χ0) is 17.2. The first-order chi connectivity index (χ1) is 10.7. The summed E-state index contributed by atoms with van der Waals surface area (Å²) in [6.07, 6.45) is -4.09. The maximum Gasteiger partial charge on any atom is 0.417 e. The lowest BCUT2D eigenvalue weighted by Crippen LogP contribution is -2.28. The van der Waals surface area contributed by atoms with E-state index in [9.17, 15) is 27.2 Å². The van der Waals surface area contributed by atoms with Gasteiger partial charge in [-0.15, -0.1) is 0 Å². The minimum Gasteiger partial charge on any atom is -0.322 e. The molecule has 1 N–H and O–H groups in total. The Bertz CT molecular complexity index is 802.